The Morgan fingerprint density at radius 1 is 1.05 bits per heavy atom. The van der Waals surface area contributed by atoms with Gasteiger partial charge in [0, 0.05) is 31.7 Å². The fraction of sp³-hybridized carbons (Fsp3) is 0.478. The Kier molecular flexibility index (Phi) is 8.14. The van der Waals surface area contributed by atoms with Crippen molar-refractivity contribution in [2.45, 2.75) is 54.0 Å². The van der Waals surface area contributed by atoms with Gasteiger partial charge in [0.15, 0.2) is 19.7 Å². The zero-order valence-corrected chi connectivity index (χ0v) is 22.1. The molecule has 1 fully saturated rings. The van der Waals surface area contributed by atoms with Gasteiger partial charge >= 0.3 is 12.8 Å². The molecular weight excluding hydrogens is 559 g/mol. The van der Waals surface area contributed by atoms with E-state index in [2.05, 4.69) is 9.72 Å². The molecule has 0 unspecified atom stereocenters. The van der Waals surface area contributed by atoms with Crippen molar-refractivity contribution in [2.75, 3.05) is 19.3 Å². The summed E-state index contributed by atoms with van der Waals surface area (Å²) in [5, 5.41) is 0. The molecule has 210 valence electrons. The minimum atomic E-state index is -4.77. The van der Waals surface area contributed by atoms with Crippen molar-refractivity contribution in [1.82, 2.24) is 9.88 Å². The molecule has 0 atom stereocenters. The van der Waals surface area contributed by atoms with Gasteiger partial charge in [-0.15, -0.1) is 0 Å². The average Bonchev–Trinajstić information content (AvgIpc) is 2.82. The van der Waals surface area contributed by atoms with Crippen LogP contribution in [0.1, 0.15) is 42.6 Å². The maximum absolute atomic E-state index is 13.3. The molecule has 0 N–H and O–H groups in total. The Hall–Kier alpha value is -2.81. The first-order valence-electron chi connectivity index (χ1n) is 11.2. The number of carbonyl (C=O) groups is 1. The van der Waals surface area contributed by atoms with Crippen molar-refractivity contribution in [3.05, 3.63) is 47.8 Å². The fourth-order valence-corrected chi connectivity index (χ4v) is 7.00. The van der Waals surface area contributed by atoms with Crippen molar-refractivity contribution in [3.63, 3.8) is 0 Å². The van der Waals surface area contributed by atoms with Crippen LogP contribution >= 0.6 is 0 Å². The maximum atomic E-state index is 13.3. The highest BCUT2D eigenvalue weighted by Gasteiger charge is 2.45. The lowest BCUT2D eigenvalue weighted by atomic mass is 9.85. The van der Waals surface area contributed by atoms with Gasteiger partial charge in [0.2, 0.25) is 0 Å². The summed E-state index contributed by atoms with van der Waals surface area (Å²) < 4.78 is 118. The second-order valence-electron chi connectivity index (χ2n) is 9.39. The summed E-state index contributed by atoms with van der Waals surface area (Å²) in [5.74, 6) is -1.69. The van der Waals surface area contributed by atoms with E-state index in [-0.39, 0.29) is 31.5 Å². The zero-order chi connectivity index (χ0) is 28.7. The molecule has 2 aromatic rings. The number of alkyl halides is 5. The molecule has 38 heavy (non-hydrogen) atoms. The van der Waals surface area contributed by atoms with Gasteiger partial charge in [-0.2, -0.15) is 22.0 Å². The number of piperidine rings is 1. The van der Waals surface area contributed by atoms with Crippen LogP contribution in [0.15, 0.2) is 46.5 Å². The molecule has 1 saturated heterocycles. The van der Waals surface area contributed by atoms with E-state index in [0.29, 0.717) is 12.3 Å². The first-order valence-corrected chi connectivity index (χ1v) is 14.6. The fourth-order valence-electron chi connectivity index (χ4n) is 4.35. The predicted molar refractivity (Wildman–Crippen MR) is 125 cm³/mol. The number of hydrogen-bond acceptors (Lipinski definition) is 7. The number of sulfone groups is 2. The standard InChI is InChI=1S/C23H25F5N2O6S2/c1-22(2,38(34,35)17-10-15(12-29-13-17)23(26,27)28)14-6-8-30(9-7-14)20(31)18-5-4-16(36-21(24)25)11-19(18)37(3,32)33/h4-5,10-14,21H,6-9H2,1-3H3. The molecule has 0 radical (unpaired) electrons. The summed E-state index contributed by atoms with van der Waals surface area (Å²) in [6.45, 7) is -0.346. The van der Waals surface area contributed by atoms with Gasteiger partial charge in [-0.05, 0) is 56.9 Å². The summed E-state index contributed by atoms with van der Waals surface area (Å²) in [6, 6.07) is 3.48. The van der Waals surface area contributed by atoms with E-state index >= 15 is 0 Å². The molecular formula is C23H25F5N2O6S2. The monoisotopic (exact) mass is 584 g/mol. The largest absolute Gasteiger partial charge is 0.435 e. The van der Waals surface area contributed by atoms with E-state index in [1.54, 1.807) is 0 Å². The molecule has 0 bridgehead atoms. The summed E-state index contributed by atoms with van der Waals surface area (Å²) in [6.07, 6.45) is -2.25. The first kappa shape index (κ1) is 29.7. The molecule has 1 aliphatic rings. The molecule has 0 saturated carbocycles. The van der Waals surface area contributed by atoms with E-state index in [1.165, 1.54) is 18.7 Å². The number of amides is 1. The Bertz CT molecular complexity index is 1420. The number of benzene rings is 1. The van der Waals surface area contributed by atoms with Gasteiger partial charge < -0.3 is 9.64 Å². The average molecular weight is 585 g/mol. The molecule has 2 heterocycles. The molecule has 0 aliphatic carbocycles. The van der Waals surface area contributed by atoms with Gasteiger partial charge in [0.25, 0.3) is 5.91 Å². The number of pyridine rings is 1. The molecule has 8 nitrogen and oxygen atoms in total. The Morgan fingerprint density at radius 2 is 1.66 bits per heavy atom. The number of nitrogens with zero attached hydrogens (tertiary/aromatic N) is 2. The lowest BCUT2D eigenvalue weighted by molar-refractivity contribution is -0.138. The number of aromatic nitrogens is 1. The normalized spacial score (nSPS) is 16.1. The number of rotatable bonds is 7. The van der Waals surface area contributed by atoms with E-state index in [4.69, 9.17) is 0 Å². The second-order valence-corrected chi connectivity index (χ2v) is 13.9. The van der Waals surface area contributed by atoms with Gasteiger partial charge in [-0.1, -0.05) is 0 Å². The third-order valence-corrected chi connectivity index (χ3v) is 10.3. The van der Waals surface area contributed by atoms with Crippen molar-refractivity contribution in [1.29, 1.82) is 0 Å². The Balaban J connectivity index is 1.81. The van der Waals surface area contributed by atoms with E-state index < -0.39 is 70.1 Å². The third-order valence-electron chi connectivity index (χ3n) is 6.62. The lowest BCUT2D eigenvalue weighted by Crippen LogP contribution is -2.47. The Morgan fingerprint density at radius 3 is 2.18 bits per heavy atom. The van der Waals surface area contributed by atoms with Crippen LogP contribution in [0.4, 0.5) is 22.0 Å². The molecule has 0 spiro atoms. The van der Waals surface area contributed by atoms with Gasteiger partial charge in [0.05, 0.1) is 25.7 Å². The van der Waals surface area contributed by atoms with Crippen molar-refractivity contribution in [3.8, 4) is 5.75 Å². The highest BCUT2D eigenvalue weighted by Crippen LogP contribution is 2.39. The minimum absolute atomic E-state index is 0.0295. The van der Waals surface area contributed by atoms with E-state index in [0.717, 1.165) is 30.7 Å². The molecule has 3 rings (SSSR count). The second kappa shape index (κ2) is 10.4. The van der Waals surface area contributed by atoms with E-state index in [9.17, 15) is 43.6 Å². The maximum Gasteiger partial charge on any atom is 0.417 e. The topological polar surface area (TPSA) is 111 Å². The molecule has 1 aliphatic heterocycles. The summed E-state index contributed by atoms with van der Waals surface area (Å²) in [4.78, 5) is 16.8. The number of carbonyl (C=O) groups excluding carboxylic acids is 1. The zero-order valence-electron chi connectivity index (χ0n) is 20.5. The van der Waals surface area contributed by atoms with Crippen LogP contribution in [0.3, 0.4) is 0 Å². The van der Waals surface area contributed by atoms with Gasteiger partial charge in [-0.25, -0.2) is 16.8 Å². The summed E-state index contributed by atoms with van der Waals surface area (Å²) in [5.41, 5.74) is -1.45. The van der Waals surface area contributed by atoms with Crippen molar-refractivity contribution >= 4 is 25.6 Å². The molecule has 1 amide bonds. The number of ether oxygens (including phenoxy) is 1. The quantitative estimate of drug-likeness (QED) is 0.449. The van der Waals surface area contributed by atoms with Crippen LogP contribution in [0.25, 0.3) is 0 Å². The van der Waals surface area contributed by atoms with Crippen LogP contribution in [0.5, 0.6) is 5.75 Å². The molecule has 1 aromatic carbocycles. The Labute approximate surface area is 216 Å². The molecule has 15 heteroatoms. The van der Waals surface area contributed by atoms with Crippen molar-refractivity contribution < 1.29 is 48.3 Å². The smallest absolute Gasteiger partial charge is 0.417 e. The third kappa shape index (κ3) is 6.08. The first-order chi connectivity index (χ1) is 17.4. The van der Waals surface area contributed by atoms with Crippen LogP contribution in [0.2, 0.25) is 0 Å². The molecule has 1 aromatic heterocycles. The SMILES string of the molecule is CC(C)(C1CCN(C(=O)c2ccc(OC(F)F)cc2S(C)(=O)=O)CC1)S(=O)(=O)c1cncc(C(F)(F)F)c1. The summed E-state index contributed by atoms with van der Waals surface area (Å²) >= 11 is 0. The van der Waals surface area contributed by atoms with Crippen LogP contribution in [-0.2, 0) is 25.9 Å². The van der Waals surface area contributed by atoms with Crippen LogP contribution in [-0.4, -0.2) is 63.3 Å². The number of halogens is 5. The highest BCUT2D eigenvalue weighted by molar-refractivity contribution is 7.92. The predicted octanol–water partition coefficient (Wildman–Crippen LogP) is 4.21. The number of likely N-dealkylation sites (tertiary alicyclic amines) is 1. The van der Waals surface area contributed by atoms with Crippen LogP contribution < -0.4 is 4.74 Å². The van der Waals surface area contributed by atoms with Gasteiger partial charge in [-0.3, -0.25) is 9.78 Å². The lowest BCUT2D eigenvalue weighted by Gasteiger charge is -2.40. The van der Waals surface area contributed by atoms with E-state index in [1.807, 2.05) is 0 Å². The van der Waals surface area contributed by atoms with Crippen LogP contribution in [0, 0.1) is 5.92 Å². The summed E-state index contributed by atoms with van der Waals surface area (Å²) in [7, 11) is -8.28. The van der Waals surface area contributed by atoms with Crippen molar-refractivity contribution in [2.24, 2.45) is 5.92 Å². The minimum Gasteiger partial charge on any atom is -0.435 e. The highest BCUT2D eigenvalue weighted by atomic mass is 32.2. The number of hydrogen-bond donors (Lipinski definition) is 0. The van der Waals surface area contributed by atoms with Gasteiger partial charge in [0.1, 0.15) is 5.75 Å².